The fourth-order valence-corrected chi connectivity index (χ4v) is 2.75. The van der Waals surface area contributed by atoms with E-state index < -0.39 is 0 Å². The van der Waals surface area contributed by atoms with Crippen molar-refractivity contribution in [2.45, 2.75) is 13.0 Å². The minimum atomic E-state index is 0.489. The highest BCUT2D eigenvalue weighted by Gasteiger charge is 2.12. The number of nitrogens with two attached hydrogens (primary N) is 1. The van der Waals surface area contributed by atoms with Crippen molar-refractivity contribution in [3.63, 3.8) is 0 Å². The molecule has 0 spiro atoms. The van der Waals surface area contributed by atoms with Crippen LogP contribution in [0.3, 0.4) is 0 Å². The second kappa shape index (κ2) is 5.48. The van der Waals surface area contributed by atoms with Crippen molar-refractivity contribution in [2.75, 3.05) is 29.7 Å². The third-order valence-electron chi connectivity index (χ3n) is 3.19. The summed E-state index contributed by atoms with van der Waals surface area (Å²) in [6, 6.07) is 8.46. The van der Waals surface area contributed by atoms with Crippen LogP contribution in [0, 0.1) is 0 Å². The van der Waals surface area contributed by atoms with E-state index in [9.17, 15) is 0 Å². The van der Waals surface area contributed by atoms with E-state index in [1.807, 2.05) is 30.1 Å². The molecule has 0 aliphatic rings. The molecular formula is C14H19N3S. The molecule has 0 bridgehead atoms. The Balaban J connectivity index is 2.44. The van der Waals surface area contributed by atoms with E-state index in [-0.39, 0.29) is 0 Å². The number of nitrogens with zero attached hydrogens (tertiary/aromatic N) is 2. The molecule has 0 saturated carbocycles. The van der Waals surface area contributed by atoms with Gasteiger partial charge in [-0.05, 0) is 37.4 Å². The Morgan fingerprint density at radius 2 is 2.17 bits per heavy atom. The molecule has 1 aromatic carbocycles. The molecule has 3 nitrogen and oxygen atoms in total. The maximum atomic E-state index is 5.80. The first-order chi connectivity index (χ1) is 8.63. The standard InChI is InChI=1S/C14H19N3S/c1-10(9-18-3)17(2)14-6-7-16-13-8-11(15)4-5-12(13)14/h4-8,10H,9,15H2,1-3H3. The molecule has 0 fully saturated rings. The summed E-state index contributed by atoms with van der Waals surface area (Å²) >= 11 is 1.86. The largest absolute Gasteiger partial charge is 0.399 e. The lowest BCUT2D eigenvalue weighted by molar-refractivity contribution is 0.768. The topological polar surface area (TPSA) is 42.2 Å². The fourth-order valence-electron chi connectivity index (χ4n) is 2.05. The SMILES string of the molecule is CSCC(C)N(C)c1ccnc2cc(N)ccc12. The van der Waals surface area contributed by atoms with Crippen molar-refractivity contribution in [3.8, 4) is 0 Å². The van der Waals surface area contributed by atoms with Gasteiger partial charge in [0.2, 0.25) is 0 Å². The first-order valence-electron chi connectivity index (χ1n) is 5.99. The molecule has 96 valence electrons. The van der Waals surface area contributed by atoms with Crippen LogP contribution in [0.4, 0.5) is 11.4 Å². The van der Waals surface area contributed by atoms with Crippen LogP contribution in [-0.4, -0.2) is 30.1 Å². The molecule has 0 saturated heterocycles. The van der Waals surface area contributed by atoms with Crippen molar-refractivity contribution in [2.24, 2.45) is 0 Å². The first kappa shape index (κ1) is 13.0. The summed E-state index contributed by atoms with van der Waals surface area (Å²) in [6.45, 7) is 2.24. The van der Waals surface area contributed by atoms with Crippen LogP contribution in [-0.2, 0) is 0 Å². The zero-order valence-corrected chi connectivity index (χ0v) is 11.9. The number of pyridine rings is 1. The number of hydrogen-bond donors (Lipinski definition) is 1. The second-order valence-electron chi connectivity index (χ2n) is 4.52. The van der Waals surface area contributed by atoms with Crippen LogP contribution in [0.1, 0.15) is 6.92 Å². The second-order valence-corrected chi connectivity index (χ2v) is 5.43. The maximum Gasteiger partial charge on any atom is 0.0743 e. The number of nitrogen functional groups attached to an aromatic ring is 1. The summed E-state index contributed by atoms with van der Waals surface area (Å²) in [7, 11) is 2.13. The summed E-state index contributed by atoms with van der Waals surface area (Å²) in [5, 5.41) is 1.15. The Hall–Kier alpha value is -1.42. The van der Waals surface area contributed by atoms with Gasteiger partial charge in [0.1, 0.15) is 0 Å². The Morgan fingerprint density at radius 3 is 2.89 bits per heavy atom. The highest BCUT2D eigenvalue weighted by Crippen LogP contribution is 2.27. The molecule has 1 aromatic heterocycles. The predicted octanol–water partition coefficient (Wildman–Crippen LogP) is 3.00. The Labute approximate surface area is 112 Å². The molecule has 0 aliphatic heterocycles. The number of thioether (sulfide) groups is 1. The number of benzene rings is 1. The zero-order valence-electron chi connectivity index (χ0n) is 11.1. The Kier molecular flexibility index (Phi) is 3.97. The van der Waals surface area contributed by atoms with Crippen molar-refractivity contribution < 1.29 is 0 Å². The van der Waals surface area contributed by atoms with E-state index in [4.69, 9.17) is 5.73 Å². The van der Waals surface area contributed by atoms with Crippen molar-refractivity contribution in [3.05, 3.63) is 30.5 Å². The number of aromatic nitrogens is 1. The smallest absolute Gasteiger partial charge is 0.0743 e. The van der Waals surface area contributed by atoms with Crippen molar-refractivity contribution in [1.82, 2.24) is 4.98 Å². The molecule has 4 heteroatoms. The van der Waals surface area contributed by atoms with E-state index in [0.29, 0.717) is 6.04 Å². The van der Waals surface area contributed by atoms with Crippen LogP contribution in [0.2, 0.25) is 0 Å². The zero-order chi connectivity index (χ0) is 13.1. The van der Waals surface area contributed by atoms with Gasteiger partial charge in [0.25, 0.3) is 0 Å². The molecular weight excluding hydrogens is 242 g/mol. The Morgan fingerprint density at radius 1 is 1.39 bits per heavy atom. The fraction of sp³-hybridized carbons (Fsp3) is 0.357. The number of anilines is 2. The molecule has 18 heavy (non-hydrogen) atoms. The molecule has 2 aromatic rings. The lowest BCUT2D eigenvalue weighted by Gasteiger charge is -2.27. The molecule has 2 rings (SSSR count). The number of fused-ring (bicyclic) bond motifs is 1. The first-order valence-corrected chi connectivity index (χ1v) is 7.39. The molecule has 1 unspecified atom stereocenters. The van der Waals surface area contributed by atoms with Gasteiger partial charge in [-0.2, -0.15) is 11.8 Å². The molecule has 0 radical (unpaired) electrons. The summed E-state index contributed by atoms with van der Waals surface area (Å²) < 4.78 is 0. The lowest BCUT2D eigenvalue weighted by atomic mass is 10.1. The van der Waals surface area contributed by atoms with Gasteiger partial charge in [0, 0.05) is 41.8 Å². The van der Waals surface area contributed by atoms with Gasteiger partial charge < -0.3 is 10.6 Å². The van der Waals surface area contributed by atoms with E-state index >= 15 is 0 Å². The Bertz CT molecular complexity index is 542. The van der Waals surface area contributed by atoms with Crippen LogP contribution in [0.25, 0.3) is 10.9 Å². The quantitative estimate of drug-likeness (QED) is 0.859. The van der Waals surface area contributed by atoms with Crippen molar-refractivity contribution in [1.29, 1.82) is 0 Å². The predicted molar refractivity (Wildman–Crippen MR) is 82.4 cm³/mol. The van der Waals surface area contributed by atoms with E-state index in [1.165, 1.54) is 5.69 Å². The van der Waals surface area contributed by atoms with Crippen LogP contribution in [0.5, 0.6) is 0 Å². The van der Waals surface area contributed by atoms with E-state index in [1.54, 1.807) is 0 Å². The number of hydrogen-bond acceptors (Lipinski definition) is 4. The average Bonchev–Trinajstić information content (AvgIpc) is 2.37. The van der Waals surface area contributed by atoms with Gasteiger partial charge in [0.05, 0.1) is 5.52 Å². The van der Waals surface area contributed by atoms with Crippen LogP contribution >= 0.6 is 11.8 Å². The van der Waals surface area contributed by atoms with E-state index in [2.05, 4.69) is 42.2 Å². The minimum Gasteiger partial charge on any atom is -0.399 e. The highest BCUT2D eigenvalue weighted by molar-refractivity contribution is 7.98. The third-order valence-corrected chi connectivity index (χ3v) is 4.01. The van der Waals surface area contributed by atoms with Gasteiger partial charge >= 0.3 is 0 Å². The summed E-state index contributed by atoms with van der Waals surface area (Å²) in [4.78, 5) is 6.68. The van der Waals surface area contributed by atoms with E-state index in [0.717, 1.165) is 22.3 Å². The molecule has 2 N–H and O–H groups in total. The third kappa shape index (κ3) is 2.53. The maximum absolute atomic E-state index is 5.80. The molecule has 0 aliphatic carbocycles. The van der Waals surface area contributed by atoms with Crippen LogP contribution in [0.15, 0.2) is 30.5 Å². The monoisotopic (exact) mass is 261 g/mol. The number of rotatable bonds is 4. The summed E-state index contributed by atoms with van der Waals surface area (Å²) in [5.74, 6) is 1.11. The van der Waals surface area contributed by atoms with Crippen molar-refractivity contribution >= 4 is 34.0 Å². The molecule has 1 atom stereocenters. The van der Waals surface area contributed by atoms with Gasteiger partial charge in [0.15, 0.2) is 0 Å². The van der Waals surface area contributed by atoms with Gasteiger partial charge in [-0.3, -0.25) is 4.98 Å². The molecule has 0 amide bonds. The summed E-state index contributed by atoms with van der Waals surface area (Å²) in [5.41, 5.74) is 8.72. The van der Waals surface area contributed by atoms with Gasteiger partial charge in [-0.25, -0.2) is 0 Å². The normalized spacial score (nSPS) is 12.6. The van der Waals surface area contributed by atoms with Crippen LogP contribution < -0.4 is 10.6 Å². The van der Waals surface area contributed by atoms with Gasteiger partial charge in [-0.15, -0.1) is 0 Å². The molecule has 1 heterocycles. The minimum absolute atomic E-state index is 0.489. The lowest BCUT2D eigenvalue weighted by Crippen LogP contribution is -2.30. The highest BCUT2D eigenvalue weighted by atomic mass is 32.2. The van der Waals surface area contributed by atoms with Gasteiger partial charge in [-0.1, -0.05) is 0 Å². The average molecular weight is 261 g/mol. The summed E-state index contributed by atoms with van der Waals surface area (Å²) in [6.07, 6.45) is 3.98.